The van der Waals surface area contributed by atoms with Crippen molar-refractivity contribution in [3.63, 3.8) is 0 Å². The Morgan fingerprint density at radius 3 is 2.59 bits per heavy atom. The van der Waals surface area contributed by atoms with Gasteiger partial charge >= 0.3 is 5.97 Å². The summed E-state index contributed by atoms with van der Waals surface area (Å²) >= 11 is 0. The van der Waals surface area contributed by atoms with Crippen LogP contribution < -0.4 is 0 Å². The molecule has 1 aromatic carbocycles. The van der Waals surface area contributed by atoms with E-state index in [0.29, 0.717) is 11.5 Å². The number of piperidine rings is 1. The zero-order valence-electron chi connectivity index (χ0n) is 12.4. The molecule has 1 saturated heterocycles. The quantitative estimate of drug-likeness (QED) is 0.912. The topological polar surface area (TPSA) is 71.2 Å². The number of hydrogen-bond donors (Lipinski definition) is 1. The standard InChI is InChI=1S/C16H20N4O2/c21-16(22)14-5-3-13(4-6-14)15-2-1-7-19(10-15)8-9-20-11-17-18-12-20/h3-6,11-12,15H,1-2,7-10H2,(H,21,22)/t15-/m1/s1. The van der Waals surface area contributed by atoms with E-state index in [2.05, 4.69) is 15.1 Å². The minimum absolute atomic E-state index is 0.351. The minimum Gasteiger partial charge on any atom is -0.478 e. The van der Waals surface area contributed by atoms with Gasteiger partial charge in [-0.3, -0.25) is 0 Å². The number of carboxylic acids is 1. The number of carbonyl (C=O) groups is 1. The second kappa shape index (κ2) is 6.70. The Hall–Kier alpha value is -2.21. The lowest BCUT2D eigenvalue weighted by atomic mass is 9.90. The lowest BCUT2D eigenvalue weighted by molar-refractivity contribution is 0.0697. The van der Waals surface area contributed by atoms with Crippen molar-refractivity contribution >= 4 is 5.97 Å². The van der Waals surface area contributed by atoms with E-state index in [9.17, 15) is 4.79 Å². The zero-order chi connectivity index (χ0) is 15.4. The summed E-state index contributed by atoms with van der Waals surface area (Å²) in [5.74, 6) is -0.386. The molecule has 1 aliphatic heterocycles. The van der Waals surface area contributed by atoms with E-state index in [1.165, 1.54) is 12.0 Å². The Bertz CT molecular complexity index is 610. The zero-order valence-corrected chi connectivity index (χ0v) is 12.4. The maximum atomic E-state index is 10.9. The maximum absolute atomic E-state index is 10.9. The summed E-state index contributed by atoms with van der Waals surface area (Å²) in [6.45, 7) is 4.03. The van der Waals surface area contributed by atoms with E-state index in [4.69, 9.17) is 5.11 Å². The van der Waals surface area contributed by atoms with E-state index in [1.54, 1.807) is 24.8 Å². The number of aromatic carboxylic acids is 1. The fourth-order valence-corrected chi connectivity index (χ4v) is 3.02. The number of benzene rings is 1. The molecule has 1 atom stereocenters. The van der Waals surface area contributed by atoms with Crippen molar-refractivity contribution < 1.29 is 9.90 Å². The summed E-state index contributed by atoms with van der Waals surface area (Å²) in [6, 6.07) is 7.32. The summed E-state index contributed by atoms with van der Waals surface area (Å²) in [5.41, 5.74) is 1.59. The molecule has 6 heteroatoms. The Kier molecular flexibility index (Phi) is 4.48. The van der Waals surface area contributed by atoms with Crippen LogP contribution >= 0.6 is 0 Å². The molecule has 3 rings (SSSR count). The van der Waals surface area contributed by atoms with Crippen LogP contribution in [-0.2, 0) is 6.54 Å². The molecule has 116 valence electrons. The molecule has 1 N–H and O–H groups in total. The van der Waals surface area contributed by atoms with Gasteiger partial charge in [-0.15, -0.1) is 10.2 Å². The SMILES string of the molecule is O=C(O)c1ccc([C@@H]2CCCN(CCn3cnnc3)C2)cc1. The van der Waals surface area contributed by atoms with Gasteiger partial charge < -0.3 is 14.6 Å². The molecule has 2 aromatic rings. The van der Waals surface area contributed by atoms with Crippen LogP contribution in [0.15, 0.2) is 36.9 Å². The Morgan fingerprint density at radius 1 is 1.18 bits per heavy atom. The van der Waals surface area contributed by atoms with Crippen LogP contribution in [0.1, 0.15) is 34.7 Å². The third-order valence-corrected chi connectivity index (χ3v) is 4.28. The fraction of sp³-hybridized carbons (Fsp3) is 0.438. The van der Waals surface area contributed by atoms with E-state index >= 15 is 0 Å². The Morgan fingerprint density at radius 2 is 1.91 bits per heavy atom. The Labute approximate surface area is 129 Å². The number of likely N-dealkylation sites (tertiary alicyclic amines) is 1. The van der Waals surface area contributed by atoms with Crippen LogP contribution in [0.2, 0.25) is 0 Å². The van der Waals surface area contributed by atoms with Gasteiger partial charge in [0, 0.05) is 19.6 Å². The van der Waals surface area contributed by atoms with Crippen LogP contribution in [0.3, 0.4) is 0 Å². The Balaban J connectivity index is 1.58. The van der Waals surface area contributed by atoms with Crippen LogP contribution in [0, 0.1) is 0 Å². The first-order valence-electron chi connectivity index (χ1n) is 7.60. The van der Waals surface area contributed by atoms with Crippen molar-refractivity contribution in [2.45, 2.75) is 25.3 Å². The second-order valence-corrected chi connectivity index (χ2v) is 5.77. The molecule has 2 heterocycles. The largest absolute Gasteiger partial charge is 0.478 e. The van der Waals surface area contributed by atoms with Gasteiger partial charge in [-0.25, -0.2) is 4.79 Å². The van der Waals surface area contributed by atoms with Crippen molar-refractivity contribution in [3.8, 4) is 0 Å². The van der Waals surface area contributed by atoms with Gasteiger partial charge in [0.2, 0.25) is 0 Å². The second-order valence-electron chi connectivity index (χ2n) is 5.77. The number of carboxylic acid groups (broad SMARTS) is 1. The highest BCUT2D eigenvalue weighted by molar-refractivity contribution is 5.87. The van der Waals surface area contributed by atoms with Gasteiger partial charge in [-0.05, 0) is 43.0 Å². The molecule has 1 fully saturated rings. The van der Waals surface area contributed by atoms with Crippen molar-refractivity contribution in [1.29, 1.82) is 0 Å². The van der Waals surface area contributed by atoms with Crippen LogP contribution in [0.5, 0.6) is 0 Å². The average Bonchev–Trinajstić information content (AvgIpc) is 3.07. The molecule has 0 spiro atoms. The molecule has 0 saturated carbocycles. The first-order valence-corrected chi connectivity index (χ1v) is 7.60. The third kappa shape index (κ3) is 3.51. The van der Waals surface area contributed by atoms with Gasteiger partial charge in [-0.2, -0.15) is 0 Å². The highest BCUT2D eigenvalue weighted by atomic mass is 16.4. The van der Waals surface area contributed by atoms with Gasteiger partial charge in [0.1, 0.15) is 12.7 Å². The summed E-state index contributed by atoms with van der Waals surface area (Å²) in [4.78, 5) is 13.4. The molecule has 0 radical (unpaired) electrons. The van der Waals surface area contributed by atoms with Gasteiger partial charge in [0.05, 0.1) is 5.56 Å². The van der Waals surface area contributed by atoms with Crippen molar-refractivity contribution in [2.75, 3.05) is 19.6 Å². The molecule has 0 amide bonds. The van der Waals surface area contributed by atoms with Crippen molar-refractivity contribution in [1.82, 2.24) is 19.7 Å². The highest BCUT2D eigenvalue weighted by Crippen LogP contribution is 2.27. The molecular formula is C16H20N4O2. The van der Waals surface area contributed by atoms with Crippen molar-refractivity contribution in [3.05, 3.63) is 48.0 Å². The highest BCUT2D eigenvalue weighted by Gasteiger charge is 2.21. The molecule has 1 aliphatic rings. The summed E-state index contributed by atoms with van der Waals surface area (Å²) in [5, 5.41) is 16.6. The number of hydrogen-bond acceptors (Lipinski definition) is 4. The molecule has 0 unspecified atom stereocenters. The minimum atomic E-state index is -0.870. The van der Waals surface area contributed by atoms with Gasteiger partial charge in [0.15, 0.2) is 0 Å². The predicted octanol–water partition coefficient (Wildman–Crippen LogP) is 1.86. The summed E-state index contributed by atoms with van der Waals surface area (Å²) in [6.07, 6.45) is 5.82. The fourth-order valence-electron chi connectivity index (χ4n) is 3.02. The normalized spacial score (nSPS) is 19.2. The monoisotopic (exact) mass is 300 g/mol. The van der Waals surface area contributed by atoms with E-state index in [0.717, 1.165) is 32.6 Å². The predicted molar refractivity (Wildman–Crippen MR) is 81.8 cm³/mol. The van der Waals surface area contributed by atoms with E-state index in [1.807, 2.05) is 16.7 Å². The number of rotatable bonds is 5. The average molecular weight is 300 g/mol. The summed E-state index contributed by atoms with van der Waals surface area (Å²) in [7, 11) is 0. The number of aromatic nitrogens is 3. The van der Waals surface area contributed by atoms with Crippen LogP contribution in [-0.4, -0.2) is 50.4 Å². The summed E-state index contributed by atoms with van der Waals surface area (Å²) < 4.78 is 1.99. The first kappa shape index (κ1) is 14.7. The third-order valence-electron chi connectivity index (χ3n) is 4.28. The molecule has 1 aromatic heterocycles. The van der Waals surface area contributed by atoms with Gasteiger partial charge in [0.25, 0.3) is 0 Å². The lowest BCUT2D eigenvalue weighted by Gasteiger charge is -2.33. The van der Waals surface area contributed by atoms with Crippen molar-refractivity contribution in [2.24, 2.45) is 0 Å². The molecule has 0 bridgehead atoms. The molecular weight excluding hydrogens is 280 g/mol. The lowest BCUT2D eigenvalue weighted by Crippen LogP contribution is -2.36. The smallest absolute Gasteiger partial charge is 0.335 e. The molecule has 6 nitrogen and oxygen atoms in total. The van der Waals surface area contributed by atoms with E-state index in [-0.39, 0.29) is 0 Å². The molecule has 22 heavy (non-hydrogen) atoms. The number of nitrogens with zero attached hydrogens (tertiary/aromatic N) is 4. The van der Waals surface area contributed by atoms with E-state index < -0.39 is 5.97 Å². The van der Waals surface area contributed by atoms with Crippen LogP contribution in [0.25, 0.3) is 0 Å². The first-order chi connectivity index (χ1) is 10.7. The van der Waals surface area contributed by atoms with Gasteiger partial charge in [-0.1, -0.05) is 12.1 Å². The molecule has 0 aliphatic carbocycles. The van der Waals surface area contributed by atoms with Crippen LogP contribution in [0.4, 0.5) is 0 Å². The maximum Gasteiger partial charge on any atom is 0.335 e.